The van der Waals surface area contributed by atoms with Crippen molar-refractivity contribution in [2.45, 2.75) is 51.5 Å². The first-order valence-electron chi connectivity index (χ1n) is 7.59. The Morgan fingerprint density at radius 1 is 1.17 bits per heavy atom. The van der Waals surface area contributed by atoms with Crippen LogP contribution in [0.4, 0.5) is 0 Å². The first kappa shape index (κ1) is 17.7. The Bertz CT molecular complexity index is 732. The van der Waals surface area contributed by atoms with Crippen LogP contribution in [-0.4, -0.2) is 31.3 Å². The summed E-state index contributed by atoms with van der Waals surface area (Å²) in [6.45, 7) is 9.67. The summed E-state index contributed by atoms with van der Waals surface area (Å²) in [6.07, 6.45) is 2.90. The zero-order valence-electron chi connectivity index (χ0n) is 14.3. The van der Waals surface area contributed by atoms with E-state index in [0.29, 0.717) is 0 Å². The lowest BCUT2D eigenvalue weighted by Crippen LogP contribution is -2.45. The molecule has 2 rings (SSSR count). The molecule has 0 aliphatic carbocycles. The summed E-state index contributed by atoms with van der Waals surface area (Å²) >= 11 is 0. The molecule has 23 heavy (non-hydrogen) atoms. The molecule has 0 fully saturated rings. The fourth-order valence-corrected chi connectivity index (χ4v) is 3.39. The van der Waals surface area contributed by atoms with Gasteiger partial charge in [-0.05, 0) is 46.8 Å². The van der Waals surface area contributed by atoms with E-state index in [0.717, 1.165) is 23.4 Å². The van der Waals surface area contributed by atoms with Crippen molar-refractivity contribution >= 4 is 15.8 Å². The van der Waals surface area contributed by atoms with Crippen LogP contribution < -0.4 is 0 Å². The minimum atomic E-state index is -3.77. The third-order valence-corrected chi connectivity index (χ3v) is 5.03. The second kappa shape index (κ2) is 6.45. The van der Waals surface area contributed by atoms with Crippen LogP contribution in [0.1, 0.15) is 39.7 Å². The molecule has 6 heteroatoms. The molecule has 1 aromatic carbocycles. The van der Waals surface area contributed by atoms with Crippen LogP contribution in [0.3, 0.4) is 0 Å². The van der Waals surface area contributed by atoms with E-state index in [1.807, 2.05) is 39.6 Å². The minimum absolute atomic E-state index is 0.0190. The highest BCUT2D eigenvalue weighted by atomic mass is 32.2. The maximum atomic E-state index is 12.3. The van der Waals surface area contributed by atoms with Gasteiger partial charge < -0.3 is 0 Å². The minimum Gasteiger partial charge on any atom is -0.264 e. The third kappa shape index (κ3) is 4.20. The van der Waals surface area contributed by atoms with Crippen molar-refractivity contribution < 1.29 is 12.6 Å². The standard InChI is InChI=1S/C17H24N2O3S/c1-13-6-10-16(11-7-13)23(20,21)22-12-17(4,5)19-15(3)9-8-14(2)18-19/h6-7,9-11H,8,12H2,1-5H3. The molecular formula is C17H24N2O3S. The van der Waals surface area contributed by atoms with E-state index in [-0.39, 0.29) is 11.5 Å². The summed E-state index contributed by atoms with van der Waals surface area (Å²) in [5.74, 6) is 0. The predicted molar refractivity (Wildman–Crippen MR) is 91.7 cm³/mol. The van der Waals surface area contributed by atoms with Crippen LogP contribution >= 0.6 is 0 Å². The lowest BCUT2D eigenvalue weighted by Gasteiger charge is -2.38. The number of allylic oxidation sites excluding steroid dienone is 2. The van der Waals surface area contributed by atoms with Crippen LogP contribution in [0, 0.1) is 6.92 Å². The van der Waals surface area contributed by atoms with Gasteiger partial charge in [0.25, 0.3) is 10.1 Å². The zero-order valence-corrected chi connectivity index (χ0v) is 15.1. The Labute approximate surface area is 138 Å². The highest BCUT2D eigenvalue weighted by Gasteiger charge is 2.31. The van der Waals surface area contributed by atoms with Gasteiger partial charge in [0.15, 0.2) is 0 Å². The molecule has 1 heterocycles. The average Bonchev–Trinajstić information content (AvgIpc) is 2.48. The summed E-state index contributed by atoms with van der Waals surface area (Å²) in [5, 5.41) is 6.36. The van der Waals surface area contributed by atoms with Crippen molar-refractivity contribution in [2.75, 3.05) is 6.61 Å². The molecule has 0 unspecified atom stereocenters. The summed E-state index contributed by atoms with van der Waals surface area (Å²) in [7, 11) is -3.77. The molecule has 1 aliphatic rings. The van der Waals surface area contributed by atoms with Gasteiger partial charge in [0.1, 0.15) is 0 Å². The summed E-state index contributed by atoms with van der Waals surface area (Å²) in [4.78, 5) is 0.171. The molecule has 0 saturated carbocycles. The fourth-order valence-electron chi connectivity index (χ4n) is 2.34. The topological polar surface area (TPSA) is 59.0 Å². The second-order valence-electron chi connectivity index (χ2n) is 6.54. The van der Waals surface area contributed by atoms with Crippen molar-refractivity contribution in [3.8, 4) is 0 Å². The quantitative estimate of drug-likeness (QED) is 0.773. The molecule has 0 spiro atoms. The highest BCUT2D eigenvalue weighted by molar-refractivity contribution is 7.86. The first-order valence-corrected chi connectivity index (χ1v) is 9.00. The van der Waals surface area contributed by atoms with E-state index in [2.05, 4.69) is 11.2 Å². The number of nitrogens with zero attached hydrogens (tertiary/aromatic N) is 2. The Morgan fingerprint density at radius 2 is 1.78 bits per heavy atom. The number of benzene rings is 1. The molecule has 126 valence electrons. The molecule has 0 N–H and O–H groups in total. The summed E-state index contributed by atoms with van der Waals surface area (Å²) in [5.41, 5.74) is 2.42. The smallest absolute Gasteiger partial charge is 0.264 e. The van der Waals surface area contributed by atoms with E-state index in [1.165, 1.54) is 0 Å². The molecule has 0 atom stereocenters. The molecule has 0 amide bonds. The van der Waals surface area contributed by atoms with Crippen LogP contribution in [0.5, 0.6) is 0 Å². The summed E-state index contributed by atoms with van der Waals surface area (Å²) < 4.78 is 29.9. The molecule has 0 aromatic heterocycles. The monoisotopic (exact) mass is 336 g/mol. The maximum Gasteiger partial charge on any atom is 0.297 e. The molecule has 0 radical (unpaired) electrons. The van der Waals surface area contributed by atoms with Gasteiger partial charge in [-0.25, -0.2) is 0 Å². The lowest BCUT2D eigenvalue weighted by atomic mass is 10.0. The molecule has 5 nitrogen and oxygen atoms in total. The predicted octanol–water partition coefficient (Wildman–Crippen LogP) is 3.46. The molecular weight excluding hydrogens is 312 g/mol. The molecule has 0 saturated heterocycles. The maximum absolute atomic E-state index is 12.3. The summed E-state index contributed by atoms with van der Waals surface area (Å²) in [6, 6.07) is 6.64. The van der Waals surface area contributed by atoms with E-state index in [4.69, 9.17) is 4.18 Å². The van der Waals surface area contributed by atoms with Crippen LogP contribution in [0.15, 0.2) is 46.0 Å². The van der Waals surface area contributed by atoms with Crippen LogP contribution in [0.25, 0.3) is 0 Å². The van der Waals surface area contributed by atoms with Crippen LogP contribution in [-0.2, 0) is 14.3 Å². The number of aryl methyl sites for hydroxylation is 1. The van der Waals surface area contributed by atoms with E-state index in [9.17, 15) is 8.42 Å². The van der Waals surface area contributed by atoms with Crippen molar-refractivity contribution in [2.24, 2.45) is 5.10 Å². The van der Waals surface area contributed by atoms with Gasteiger partial charge in [0.05, 0.1) is 17.0 Å². The number of hydrogen-bond donors (Lipinski definition) is 0. The van der Waals surface area contributed by atoms with Crippen molar-refractivity contribution in [3.05, 3.63) is 41.6 Å². The lowest BCUT2D eigenvalue weighted by molar-refractivity contribution is 0.102. The van der Waals surface area contributed by atoms with Gasteiger partial charge in [-0.1, -0.05) is 23.8 Å². The average molecular weight is 336 g/mol. The van der Waals surface area contributed by atoms with E-state index < -0.39 is 15.7 Å². The number of hydrazone groups is 1. The Balaban J connectivity index is 2.13. The third-order valence-electron chi connectivity index (χ3n) is 3.75. The van der Waals surface area contributed by atoms with Crippen LogP contribution in [0.2, 0.25) is 0 Å². The molecule has 1 aliphatic heterocycles. The molecule has 1 aromatic rings. The highest BCUT2D eigenvalue weighted by Crippen LogP contribution is 2.26. The Hall–Kier alpha value is -1.66. The van der Waals surface area contributed by atoms with E-state index in [1.54, 1.807) is 24.3 Å². The molecule has 0 bridgehead atoms. The van der Waals surface area contributed by atoms with E-state index >= 15 is 0 Å². The van der Waals surface area contributed by atoms with Gasteiger partial charge in [-0.15, -0.1) is 0 Å². The van der Waals surface area contributed by atoms with Gasteiger partial charge in [0, 0.05) is 17.8 Å². The SMILES string of the molecule is CC1=CCC(C)=NN1C(C)(C)COS(=O)(=O)c1ccc(C)cc1. The normalized spacial score (nSPS) is 16.1. The van der Waals surface area contributed by atoms with Gasteiger partial charge in [-0.3, -0.25) is 9.19 Å². The Morgan fingerprint density at radius 3 is 2.39 bits per heavy atom. The first-order chi connectivity index (χ1) is 10.6. The van der Waals surface area contributed by atoms with Gasteiger partial charge in [0.2, 0.25) is 0 Å². The zero-order chi connectivity index (χ0) is 17.3. The number of hydrogen-bond acceptors (Lipinski definition) is 5. The van der Waals surface area contributed by atoms with Crippen molar-refractivity contribution in [1.82, 2.24) is 5.01 Å². The fraction of sp³-hybridized carbons (Fsp3) is 0.471. The van der Waals surface area contributed by atoms with Gasteiger partial charge in [-0.2, -0.15) is 13.5 Å². The van der Waals surface area contributed by atoms with Crippen molar-refractivity contribution in [3.63, 3.8) is 0 Å². The Kier molecular flexibility index (Phi) is 4.96. The number of rotatable bonds is 5. The van der Waals surface area contributed by atoms with Gasteiger partial charge >= 0.3 is 0 Å². The van der Waals surface area contributed by atoms with Crippen molar-refractivity contribution in [1.29, 1.82) is 0 Å². The largest absolute Gasteiger partial charge is 0.297 e. The second-order valence-corrected chi connectivity index (χ2v) is 8.15.